The van der Waals surface area contributed by atoms with E-state index in [2.05, 4.69) is 5.32 Å². The lowest BCUT2D eigenvalue weighted by atomic mass is 10.1. The van der Waals surface area contributed by atoms with E-state index in [9.17, 15) is 14.5 Å². The molecule has 0 amide bonds. The predicted octanol–water partition coefficient (Wildman–Crippen LogP) is 3.66. The second-order valence-electron chi connectivity index (χ2n) is 4.52. The summed E-state index contributed by atoms with van der Waals surface area (Å²) in [6.45, 7) is 1.92. The molecule has 1 N–H and O–H groups in total. The lowest BCUT2D eigenvalue weighted by Gasteiger charge is -2.12. The van der Waals surface area contributed by atoms with Crippen molar-refractivity contribution < 1.29 is 14.1 Å². The van der Waals surface area contributed by atoms with Crippen LogP contribution >= 0.6 is 0 Å². The van der Waals surface area contributed by atoms with Gasteiger partial charge in [0.05, 0.1) is 4.92 Å². The molecule has 5 nitrogen and oxygen atoms in total. The van der Waals surface area contributed by atoms with Gasteiger partial charge in [0, 0.05) is 24.7 Å². The highest BCUT2D eigenvalue weighted by Gasteiger charge is 2.16. The molecule has 2 aromatic rings. The molecule has 6 heteroatoms. The number of anilines is 1. The van der Waals surface area contributed by atoms with Crippen LogP contribution in [0.15, 0.2) is 36.4 Å². The molecule has 0 aliphatic heterocycles. The summed E-state index contributed by atoms with van der Waals surface area (Å²) in [5, 5.41) is 13.8. The quantitative estimate of drug-likeness (QED) is 0.674. The summed E-state index contributed by atoms with van der Waals surface area (Å²) in [7, 11) is 1.61. The highest BCUT2D eigenvalue weighted by Crippen LogP contribution is 2.29. The molecule has 0 spiro atoms. The van der Waals surface area contributed by atoms with Crippen LogP contribution in [0.5, 0.6) is 5.75 Å². The molecule has 0 saturated carbocycles. The molecule has 110 valence electrons. The maximum Gasteiger partial charge on any atom is 0.292 e. The fraction of sp³-hybridized carbons (Fsp3) is 0.200. The van der Waals surface area contributed by atoms with Gasteiger partial charge in [-0.1, -0.05) is 18.2 Å². The summed E-state index contributed by atoms with van der Waals surface area (Å²) in [5.74, 6) is 0.0343. The summed E-state index contributed by atoms with van der Waals surface area (Å²) in [6, 6.07) is 9.02. The SMILES string of the molecule is CNc1c(COc2cc(F)ccc2C)cccc1[N+](=O)[O-]. The van der Waals surface area contributed by atoms with Crippen LogP contribution in [0, 0.1) is 22.9 Å². The Balaban J connectivity index is 2.26. The first-order chi connectivity index (χ1) is 10.0. The van der Waals surface area contributed by atoms with Gasteiger partial charge in [0.1, 0.15) is 23.9 Å². The molecule has 0 atom stereocenters. The smallest absolute Gasteiger partial charge is 0.292 e. The molecule has 0 bridgehead atoms. The Morgan fingerprint density at radius 3 is 2.76 bits per heavy atom. The van der Waals surface area contributed by atoms with Gasteiger partial charge in [-0.25, -0.2) is 4.39 Å². The Labute approximate surface area is 121 Å². The predicted molar refractivity (Wildman–Crippen MR) is 78.1 cm³/mol. The zero-order chi connectivity index (χ0) is 15.4. The first kappa shape index (κ1) is 14.8. The molecular weight excluding hydrogens is 275 g/mol. The number of aryl methyl sites for hydroxylation is 1. The largest absolute Gasteiger partial charge is 0.488 e. The van der Waals surface area contributed by atoms with Crippen LogP contribution in [0.25, 0.3) is 0 Å². The third kappa shape index (κ3) is 3.28. The Kier molecular flexibility index (Phi) is 4.37. The molecule has 21 heavy (non-hydrogen) atoms. The zero-order valence-electron chi connectivity index (χ0n) is 11.7. The molecule has 0 fully saturated rings. The molecule has 0 radical (unpaired) electrons. The highest BCUT2D eigenvalue weighted by molar-refractivity contribution is 5.66. The van der Waals surface area contributed by atoms with E-state index < -0.39 is 4.92 Å². The first-order valence-electron chi connectivity index (χ1n) is 6.36. The van der Waals surface area contributed by atoms with Gasteiger partial charge < -0.3 is 10.1 Å². The Bertz CT molecular complexity index is 674. The van der Waals surface area contributed by atoms with Crippen molar-refractivity contribution in [2.75, 3.05) is 12.4 Å². The molecule has 0 heterocycles. The van der Waals surface area contributed by atoms with Crippen molar-refractivity contribution in [3.63, 3.8) is 0 Å². The van der Waals surface area contributed by atoms with Crippen LogP contribution in [-0.2, 0) is 6.61 Å². The summed E-state index contributed by atoms with van der Waals surface area (Å²) >= 11 is 0. The standard InChI is InChI=1S/C15H15FN2O3/c1-10-6-7-12(16)8-14(10)21-9-11-4-3-5-13(18(19)20)15(11)17-2/h3-8,17H,9H2,1-2H3. The zero-order valence-corrected chi connectivity index (χ0v) is 11.7. The molecule has 2 aromatic carbocycles. The molecule has 0 aliphatic rings. The number of nitro benzene ring substituents is 1. The van der Waals surface area contributed by atoms with E-state index in [0.717, 1.165) is 5.56 Å². The highest BCUT2D eigenvalue weighted by atomic mass is 19.1. The Hall–Kier alpha value is -2.63. The third-order valence-corrected chi connectivity index (χ3v) is 3.11. The number of nitrogens with one attached hydrogen (secondary N) is 1. The van der Waals surface area contributed by atoms with E-state index in [4.69, 9.17) is 4.74 Å². The maximum atomic E-state index is 13.2. The fourth-order valence-corrected chi connectivity index (χ4v) is 2.03. The van der Waals surface area contributed by atoms with Crippen molar-refractivity contribution in [1.29, 1.82) is 0 Å². The third-order valence-electron chi connectivity index (χ3n) is 3.11. The number of ether oxygens (including phenoxy) is 1. The van der Waals surface area contributed by atoms with Crippen LogP contribution in [0.4, 0.5) is 15.8 Å². The minimum atomic E-state index is -0.456. The topological polar surface area (TPSA) is 64.4 Å². The van der Waals surface area contributed by atoms with Crippen LogP contribution in [-0.4, -0.2) is 12.0 Å². The average molecular weight is 290 g/mol. The number of nitrogens with zero attached hydrogens (tertiary/aromatic N) is 1. The van der Waals surface area contributed by atoms with E-state index in [-0.39, 0.29) is 18.1 Å². The Morgan fingerprint density at radius 1 is 1.33 bits per heavy atom. The van der Waals surface area contributed by atoms with E-state index in [1.165, 1.54) is 18.2 Å². The molecule has 2 rings (SSSR count). The van der Waals surface area contributed by atoms with E-state index >= 15 is 0 Å². The van der Waals surface area contributed by atoms with Gasteiger partial charge in [-0.3, -0.25) is 10.1 Å². The summed E-state index contributed by atoms with van der Waals surface area (Å²) in [5.41, 5.74) is 1.81. The summed E-state index contributed by atoms with van der Waals surface area (Å²) < 4.78 is 18.8. The number of para-hydroxylation sites is 1. The van der Waals surface area contributed by atoms with E-state index in [0.29, 0.717) is 17.0 Å². The maximum absolute atomic E-state index is 13.2. The number of nitro groups is 1. The molecular formula is C15H15FN2O3. The van der Waals surface area contributed by atoms with Crippen LogP contribution < -0.4 is 10.1 Å². The van der Waals surface area contributed by atoms with Crippen molar-refractivity contribution >= 4 is 11.4 Å². The van der Waals surface area contributed by atoms with Crippen LogP contribution in [0.2, 0.25) is 0 Å². The van der Waals surface area contributed by atoms with Gasteiger partial charge in [0.25, 0.3) is 5.69 Å². The van der Waals surface area contributed by atoms with Crippen molar-refractivity contribution in [2.24, 2.45) is 0 Å². The van der Waals surface area contributed by atoms with Gasteiger partial charge in [0.15, 0.2) is 0 Å². The molecule has 0 unspecified atom stereocenters. The number of rotatable bonds is 5. The van der Waals surface area contributed by atoms with Gasteiger partial charge in [-0.15, -0.1) is 0 Å². The summed E-state index contributed by atoms with van der Waals surface area (Å²) in [6.07, 6.45) is 0. The van der Waals surface area contributed by atoms with Gasteiger partial charge in [-0.05, 0) is 18.6 Å². The van der Waals surface area contributed by atoms with Crippen LogP contribution in [0.3, 0.4) is 0 Å². The average Bonchev–Trinajstić information content (AvgIpc) is 2.47. The van der Waals surface area contributed by atoms with Crippen molar-refractivity contribution in [3.8, 4) is 5.75 Å². The van der Waals surface area contributed by atoms with Crippen molar-refractivity contribution in [2.45, 2.75) is 13.5 Å². The second-order valence-corrected chi connectivity index (χ2v) is 4.52. The van der Waals surface area contributed by atoms with Crippen LogP contribution in [0.1, 0.15) is 11.1 Å². The molecule has 0 aliphatic carbocycles. The van der Waals surface area contributed by atoms with E-state index in [1.54, 1.807) is 32.2 Å². The fourth-order valence-electron chi connectivity index (χ4n) is 2.03. The molecule has 0 saturated heterocycles. The lowest BCUT2D eigenvalue weighted by molar-refractivity contribution is -0.384. The Morgan fingerprint density at radius 2 is 2.10 bits per heavy atom. The molecule has 0 aromatic heterocycles. The second kappa shape index (κ2) is 6.21. The number of hydrogen-bond donors (Lipinski definition) is 1. The number of hydrogen-bond acceptors (Lipinski definition) is 4. The number of benzene rings is 2. The van der Waals surface area contributed by atoms with Gasteiger partial charge in [-0.2, -0.15) is 0 Å². The summed E-state index contributed by atoms with van der Waals surface area (Å²) in [4.78, 5) is 10.5. The van der Waals surface area contributed by atoms with Gasteiger partial charge in [0.2, 0.25) is 0 Å². The van der Waals surface area contributed by atoms with Crippen molar-refractivity contribution in [3.05, 3.63) is 63.5 Å². The lowest BCUT2D eigenvalue weighted by Crippen LogP contribution is -2.04. The monoisotopic (exact) mass is 290 g/mol. The first-order valence-corrected chi connectivity index (χ1v) is 6.36. The van der Waals surface area contributed by atoms with Gasteiger partial charge >= 0.3 is 0 Å². The van der Waals surface area contributed by atoms with Crippen molar-refractivity contribution in [1.82, 2.24) is 0 Å². The number of halogens is 1. The normalized spacial score (nSPS) is 10.2. The van der Waals surface area contributed by atoms with E-state index in [1.807, 2.05) is 0 Å². The minimum absolute atomic E-state index is 0.0189. The minimum Gasteiger partial charge on any atom is -0.488 e.